The highest BCUT2D eigenvalue weighted by molar-refractivity contribution is 9.10. The van der Waals surface area contributed by atoms with Crippen LogP contribution in [0.15, 0.2) is 22.7 Å². The molecule has 0 bridgehead atoms. The molecule has 0 fully saturated rings. The van der Waals surface area contributed by atoms with Crippen LogP contribution < -0.4 is 5.32 Å². The molecule has 0 radical (unpaired) electrons. The Bertz CT molecular complexity index is 639. The van der Waals surface area contributed by atoms with Crippen LogP contribution in [0.3, 0.4) is 0 Å². The maximum atomic E-state index is 12.2. The van der Waals surface area contributed by atoms with Gasteiger partial charge in [-0.25, -0.2) is 4.98 Å². The SMILES string of the molecule is CC(C)NC(=O)C(C)n1c(CCl)nc2ccc(Br)cc21. The summed E-state index contributed by atoms with van der Waals surface area (Å²) in [6, 6.07) is 5.55. The quantitative estimate of drug-likeness (QED) is 0.849. The number of rotatable bonds is 4. The lowest BCUT2D eigenvalue weighted by molar-refractivity contribution is -0.124. The first kappa shape index (κ1) is 15.3. The number of nitrogens with zero attached hydrogens (tertiary/aromatic N) is 2. The van der Waals surface area contributed by atoms with Crippen LogP contribution >= 0.6 is 27.5 Å². The molecule has 0 saturated carbocycles. The minimum absolute atomic E-state index is 0.0364. The minimum atomic E-state index is -0.356. The van der Waals surface area contributed by atoms with E-state index < -0.39 is 0 Å². The van der Waals surface area contributed by atoms with Crippen LogP contribution in [-0.4, -0.2) is 21.5 Å². The Balaban J connectivity index is 2.50. The zero-order valence-corrected chi connectivity index (χ0v) is 14.0. The molecule has 1 aromatic heterocycles. The maximum Gasteiger partial charge on any atom is 0.243 e. The molecule has 4 nitrogen and oxygen atoms in total. The first-order chi connectivity index (χ1) is 9.43. The molecular formula is C14H17BrClN3O. The Hall–Kier alpha value is -1.07. The van der Waals surface area contributed by atoms with Gasteiger partial charge in [-0.3, -0.25) is 4.79 Å². The Morgan fingerprint density at radius 3 is 2.75 bits per heavy atom. The van der Waals surface area contributed by atoms with Gasteiger partial charge >= 0.3 is 0 Å². The third-order valence-electron chi connectivity index (χ3n) is 3.04. The summed E-state index contributed by atoms with van der Waals surface area (Å²) < 4.78 is 2.84. The Morgan fingerprint density at radius 1 is 1.45 bits per heavy atom. The summed E-state index contributed by atoms with van der Waals surface area (Å²) in [5.74, 6) is 0.933. The van der Waals surface area contributed by atoms with Crippen LogP contribution in [0.1, 0.15) is 32.6 Å². The first-order valence-corrected chi connectivity index (χ1v) is 7.79. The van der Waals surface area contributed by atoms with Gasteiger partial charge in [0.15, 0.2) is 0 Å². The second-order valence-electron chi connectivity index (χ2n) is 5.00. The Kier molecular flexibility index (Phi) is 4.70. The van der Waals surface area contributed by atoms with Crippen molar-refractivity contribution in [3.8, 4) is 0 Å². The third-order valence-corrected chi connectivity index (χ3v) is 3.77. The number of hydrogen-bond donors (Lipinski definition) is 1. The van der Waals surface area contributed by atoms with Gasteiger partial charge in [0.05, 0.1) is 16.9 Å². The van der Waals surface area contributed by atoms with Crippen molar-refractivity contribution in [1.82, 2.24) is 14.9 Å². The normalized spacial score (nSPS) is 12.9. The summed E-state index contributed by atoms with van der Waals surface area (Å²) in [5, 5.41) is 2.92. The fourth-order valence-electron chi connectivity index (χ4n) is 2.16. The van der Waals surface area contributed by atoms with Crippen molar-refractivity contribution in [3.05, 3.63) is 28.5 Å². The van der Waals surface area contributed by atoms with Crippen molar-refractivity contribution in [3.63, 3.8) is 0 Å². The van der Waals surface area contributed by atoms with E-state index in [1.54, 1.807) is 0 Å². The molecule has 1 aromatic carbocycles. The highest BCUT2D eigenvalue weighted by Gasteiger charge is 2.21. The van der Waals surface area contributed by atoms with Gasteiger partial charge in [0, 0.05) is 10.5 Å². The number of amides is 1. The number of benzene rings is 1. The van der Waals surface area contributed by atoms with E-state index in [0.717, 1.165) is 15.5 Å². The van der Waals surface area contributed by atoms with Gasteiger partial charge in [0.25, 0.3) is 0 Å². The van der Waals surface area contributed by atoms with Crippen molar-refractivity contribution >= 4 is 44.5 Å². The number of halogens is 2. The molecule has 6 heteroatoms. The van der Waals surface area contributed by atoms with E-state index >= 15 is 0 Å². The van der Waals surface area contributed by atoms with E-state index in [1.165, 1.54) is 0 Å². The van der Waals surface area contributed by atoms with Crippen molar-refractivity contribution in [2.24, 2.45) is 0 Å². The molecule has 1 heterocycles. The summed E-state index contributed by atoms with van der Waals surface area (Å²) >= 11 is 9.42. The number of aromatic nitrogens is 2. The fourth-order valence-corrected chi connectivity index (χ4v) is 2.70. The van der Waals surface area contributed by atoms with Crippen molar-refractivity contribution < 1.29 is 4.79 Å². The molecular weight excluding hydrogens is 342 g/mol. The monoisotopic (exact) mass is 357 g/mol. The summed E-state index contributed by atoms with van der Waals surface area (Å²) in [4.78, 5) is 16.7. The summed E-state index contributed by atoms with van der Waals surface area (Å²) in [6.07, 6.45) is 0. The van der Waals surface area contributed by atoms with E-state index in [2.05, 4.69) is 26.2 Å². The molecule has 1 atom stereocenters. The number of alkyl halides is 1. The third kappa shape index (κ3) is 2.99. The molecule has 108 valence electrons. The second kappa shape index (κ2) is 6.14. The van der Waals surface area contributed by atoms with Gasteiger partial charge in [0.1, 0.15) is 11.9 Å². The average Bonchev–Trinajstić information content (AvgIpc) is 2.74. The van der Waals surface area contributed by atoms with Crippen molar-refractivity contribution in [2.75, 3.05) is 0 Å². The molecule has 0 saturated heterocycles. The molecule has 0 aliphatic carbocycles. The average molecular weight is 359 g/mol. The van der Waals surface area contributed by atoms with Crippen LogP contribution in [-0.2, 0) is 10.7 Å². The zero-order chi connectivity index (χ0) is 14.9. The number of carbonyl (C=O) groups is 1. The van der Waals surface area contributed by atoms with E-state index in [1.807, 2.05) is 43.5 Å². The van der Waals surface area contributed by atoms with E-state index in [9.17, 15) is 4.79 Å². The zero-order valence-electron chi connectivity index (χ0n) is 11.7. The van der Waals surface area contributed by atoms with E-state index in [-0.39, 0.29) is 23.9 Å². The van der Waals surface area contributed by atoms with Gasteiger partial charge < -0.3 is 9.88 Å². The van der Waals surface area contributed by atoms with Crippen LogP contribution in [0, 0.1) is 0 Å². The maximum absolute atomic E-state index is 12.2. The summed E-state index contributed by atoms with van der Waals surface area (Å²) in [7, 11) is 0. The van der Waals surface area contributed by atoms with Crippen molar-refractivity contribution in [2.45, 2.75) is 38.7 Å². The van der Waals surface area contributed by atoms with Gasteiger partial charge in [-0.15, -0.1) is 11.6 Å². The van der Waals surface area contributed by atoms with Gasteiger partial charge in [-0.05, 0) is 39.0 Å². The molecule has 0 aliphatic heterocycles. The topological polar surface area (TPSA) is 46.9 Å². The smallest absolute Gasteiger partial charge is 0.243 e. The van der Waals surface area contributed by atoms with Crippen LogP contribution in [0.2, 0.25) is 0 Å². The molecule has 2 rings (SSSR count). The van der Waals surface area contributed by atoms with Crippen molar-refractivity contribution in [1.29, 1.82) is 0 Å². The first-order valence-electron chi connectivity index (χ1n) is 6.46. The molecule has 1 N–H and O–H groups in total. The molecule has 0 spiro atoms. The van der Waals surface area contributed by atoms with Crippen LogP contribution in [0.5, 0.6) is 0 Å². The predicted molar refractivity (Wildman–Crippen MR) is 85.0 cm³/mol. The van der Waals surface area contributed by atoms with Crippen LogP contribution in [0.25, 0.3) is 11.0 Å². The second-order valence-corrected chi connectivity index (χ2v) is 6.19. The number of fused-ring (bicyclic) bond motifs is 1. The minimum Gasteiger partial charge on any atom is -0.352 e. The summed E-state index contributed by atoms with van der Waals surface area (Å²) in [5.41, 5.74) is 1.74. The van der Waals surface area contributed by atoms with Gasteiger partial charge in [0.2, 0.25) is 5.91 Å². The number of nitrogens with one attached hydrogen (secondary N) is 1. The molecule has 2 aromatic rings. The fraction of sp³-hybridized carbons (Fsp3) is 0.429. The van der Waals surface area contributed by atoms with Gasteiger partial charge in [-0.1, -0.05) is 15.9 Å². The number of hydrogen-bond acceptors (Lipinski definition) is 2. The lowest BCUT2D eigenvalue weighted by atomic mass is 10.2. The predicted octanol–water partition coefficient (Wildman–Crippen LogP) is 3.62. The molecule has 0 aliphatic rings. The van der Waals surface area contributed by atoms with E-state index in [4.69, 9.17) is 11.6 Å². The lowest BCUT2D eigenvalue weighted by Gasteiger charge is -2.18. The molecule has 1 unspecified atom stereocenters. The Morgan fingerprint density at radius 2 is 2.15 bits per heavy atom. The summed E-state index contributed by atoms with van der Waals surface area (Å²) in [6.45, 7) is 5.74. The number of carbonyl (C=O) groups excluding carboxylic acids is 1. The molecule has 20 heavy (non-hydrogen) atoms. The largest absolute Gasteiger partial charge is 0.352 e. The van der Waals surface area contributed by atoms with Gasteiger partial charge in [-0.2, -0.15) is 0 Å². The lowest BCUT2D eigenvalue weighted by Crippen LogP contribution is -2.36. The highest BCUT2D eigenvalue weighted by atomic mass is 79.9. The standard InChI is InChI=1S/C14H17BrClN3O/c1-8(2)17-14(20)9(3)19-12-6-10(15)4-5-11(12)18-13(19)7-16/h4-6,8-9H,7H2,1-3H3,(H,17,20). The highest BCUT2D eigenvalue weighted by Crippen LogP contribution is 2.25. The molecule has 1 amide bonds. The van der Waals surface area contributed by atoms with Crippen LogP contribution in [0.4, 0.5) is 0 Å². The number of imidazole rings is 1. The Labute approximate surface area is 131 Å². The van der Waals surface area contributed by atoms with E-state index in [0.29, 0.717) is 5.82 Å².